The molecule has 1 aliphatic heterocycles. The Morgan fingerprint density at radius 3 is 2.30 bits per heavy atom. The van der Waals surface area contributed by atoms with E-state index in [1.54, 1.807) is 37.5 Å². The first-order valence-corrected chi connectivity index (χ1v) is 19.4. The summed E-state index contributed by atoms with van der Waals surface area (Å²) in [6, 6.07) is 14.3. The second-order valence-corrected chi connectivity index (χ2v) is 13.2. The van der Waals surface area contributed by atoms with Gasteiger partial charge in [0.15, 0.2) is 5.84 Å². The lowest BCUT2D eigenvalue weighted by Crippen LogP contribution is -2.37. The number of ether oxygens (including phenoxy) is 6. The van der Waals surface area contributed by atoms with Crippen molar-refractivity contribution in [2.45, 2.75) is 63.8 Å². The number of fused-ring (bicyclic) bond motifs is 1. The first-order valence-electron chi connectivity index (χ1n) is 19.4. The molecule has 56 heavy (non-hydrogen) atoms. The number of nitrogens with one attached hydrogen (secondary N) is 4. The Morgan fingerprint density at radius 2 is 1.59 bits per heavy atom. The van der Waals surface area contributed by atoms with Crippen molar-refractivity contribution < 1.29 is 38.0 Å². The number of hydrogen-bond acceptors (Lipinski definition) is 13. The molecule has 304 valence electrons. The van der Waals surface area contributed by atoms with Crippen molar-refractivity contribution in [1.29, 1.82) is 10.8 Å². The molecule has 0 radical (unpaired) electrons. The lowest BCUT2D eigenvalue weighted by atomic mass is 9.99. The summed E-state index contributed by atoms with van der Waals surface area (Å²) >= 11 is 0. The molecule has 2 aromatic carbocycles. The van der Waals surface area contributed by atoms with E-state index < -0.39 is 0 Å². The summed E-state index contributed by atoms with van der Waals surface area (Å²) in [5.41, 5.74) is 2.48. The molecule has 1 atom stereocenters. The van der Waals surface area contributed by atoms with Gasteiger partial charge in [-0.15, -0.1) is 0 Å². The van der Waals surface area contributed by atoms with E-state index in [1.807, 2.05) is 24.3 Å². The third kappa shape index (κ3) is 15.6. The number of rotatable bonds is 26. The number of amidine groups is 2. The number of unbranched alkanes of at least 4 members (excludes halogenated alkanes) is 5. The van der Waals surface area contributed by atoms with Crippen LogP contribution in [-0.4, -0.2) is 112 Å². The van der Waals surface area contributed by atoms with Crippen molar-refractivity contribution >= 4 is 29.2 Å². The summed E-state index contributed by atoms with van der Waals surface area (Å²) in [7, 11) is 3.05. The van der Waals surface area contributed by atoms with Crippen molar-refractivity contribution in [2.75, 3.05) is 78.9 Å². The molecule has 3 aromatic rings. The van der Waals surface area contributed by atoms with Crippen LogP contribution in [0.3, 0.4) is 0 Å². The minimum absolute atomic E-state index is 0.0890. The van der Waals surface area contributed by atoms with E-state index in [2.05, 4.69) is 25.3 Å². The Morgan fingerprint density at radius 1 is 0.875 bits per heavy atom. The van der Waals surface area contributed by atoms with Crippen LogP contribution in [0, 0.1) is 10.8 Å². The molecular weight excluding hydrogens is 718 g/mol. The number of amides is 1. The topological polar surface area (TPSA) is 190 Å². The Balaban J connectivity index is 1.07. The molecule has 15 heteroatoms. The van der Waals surface area contributed by atoms with E-state index >= 15 is 0 Å². The molecule has 0 unspecified atom stereocenters. The zero-order valence-electron chi connectivity index (χ0n) is 32.7. The summed E-state index contributed by atoms with van der Waals surface area (Å²) in [6.45, 7) is 4.81. The van der Waals surface area contributed by atoms with E-state index in [0.29, 0.717) is 82.6 Å². The lowest BCUT2D eigenvalue weighted by Gasteiger charge is -2.27. The van der Waals surface area contributed by atoms with Crippen molar-refractivity contribution in [3.8, 4) is 11.5 Å². The van der Waals surface area contributed by atoms with Crippen LogP contribution >= 0.6 is 0 Å². The average molecular weight is 776 g/mol. The number of methoxy groups -OCH3 is 1. The highest BCUT2D eigenvalue weighted by Gasteiger charge is 2.24. The van der Waals surface area contributed by atoms with Crippen LogP contribution in [0.2, 0.25) is 0 Å². The van der Waals surface area contributed by atoms with Gasteiger partial charge in [-0.3, -0.25) is 20.4 Å². The fraction of sp³-hybridized carbons (Fsp3) is 0.512. The summed E-state index contributed by atoms with van der Waals surface area (Å²) in [6.07, 6.45) is 10.7. The van der Waals surface area contributed by atoms with E-state index in [-0.39, 0.29) is 36.1 Å². The molecule has 0 bridgehead atoms. The standard InChI is InChI=1S/C41H57N7O8/c1-48(40(43)36-16-18-44-30-46-36)38(42)29-45-32-12-10-11-31(27-32)41(50)47-35-17-22-56-37-15-14-33(28-34(35)37)55-21-9-4-3-7-19-52-23-25-54-26-24-53-20-8-5-6-13-39(49)51-2/h10-12,14-16,18,27-28,30,35,42-43,45H,3-9,13,17,19-26,29H2,1-2H3,(H,47,50)/t35-/m0/s1. The van der Waals surface area contributed by atoms with Crippen LogP contribution in [0.25, 0.3) is 0 Å². The predicted molar refractivity (Wildman–Crippen MR) is 213 cm³/mol. The Hall–Kier alpha value is -5.12. The highest BCUT2D eigenvalue weighted by molar-refractivity contribution is 6.06. The highest BCUT2D eigenvalue weighted by atomic mass is 16.5. The maximum atomic E-state index is 13.4. The van der Waals surface area contributed by atoms with Gasteiger partial charge >= 0.3 is 5.97 Å². The van der Waals surface area contributed by atoms with E-state index in [4.69, 9.17) is 34.5 Å². The molecule has 0 saturated carbocycles. The smallest absolute Gasteiger partial charge is 0.305 e. The largest absolute Gasteiger partial charge is 0.494 e. The number of likely N-dealkylation sites (N-methyl/N-ethyl adjacent to an activating group) is 1. The second kappa shape index (κ2) is 25.1. The molecule has 1 aliphatic rings. The number of anilines is 1. The average Bonchev–Trinajstić information content (AvgIpc) is 3.23. The molecule has 2 heterocycles. The molecule has 0 fully saturated rings. The van der Waals surface area contributed by atoms with Gasteiger partial charge in [0.1, 0.15) is 29.4 Å². The second-order valence-electron chi connectivity index (χ2n) is 13.2. The van der Waals surface area contributed by atoms with Gasteiger partial charge in [0.2, 0.25) is 0 Å². The fourth-order valence-corrected chi connectivity index (χ4v) is 5.81. The maximum Gasteiger partial charge on any atom is 0.305 e. The number of aromatic nitrogens is 2. The SMILES string of the molecule is COC(=O)CCCCCOCCOCCOCCCCCCOc1ccc2c(c1)[C@@H](NC(=O)c1cccc(NCC(=N)N(C)C(=N)c3ccncn3)c1)CCO2. The maximum absolute atomic E-state index is 13.4. The fourth-order valence-electron chi connectivity index (χ4n) is 5.81. The van der Waals surface area contributed by atoms with Gasteiger partial charge in [-0.25, -0.2) is 9.97 Å². The lowest BCUT2D eigenvalue weighted by molar-refractivity contribution is -0.140. The number of hydrogen-bond donors (Lipinski definition) is 4. The molecule has 1 amide bonds. The number of nitrogens with zero attached hydrogens (tertiary/aromatic N) is 3. The van der Waals surface area contributed by atoms with Crippen LogP contribution in [0.1, 0.15) is 85.4 Å². The van der Waals surface area contributed by atoms with Gasteiger partial charge in [-0.05, 0) is 74.6 Å². The van der Waals surface area contributed by atoms with Crippen LogP contribution in [0.15, 0.2) is 61.1 Å². The van der Waals surface area contributed by atoms with Crippen molar-refractivity contribution in [2.24, 2.45) is 0 Å². The van der Waals surface area contributed by atoms with Gasteiger partial charge in [0.25, 0.3) is 5.91 Å². The zero-order chi connectivity index (χ0) is 39.8. The van der Waals surface area contributed by atoms with Crippen LogP contribution in [0.4, 0.5) is 5.69 Å². The van der Waals surface area contributed by atoms with Gasteiger partial charge in [0, 0.05) is 56.1 Å². The van der Waals surface area contributed by atoms with E-state index in [9.17, 15) is 9.59 Å². The highest BCUT2D eigenvalue weighted by Crippen LogP contribution is 2.35. The van der Waals surface area contributed by atoms with Crippen LogP contribution in [0.5, 0.6) is 11.5 Å². The normalized spacial score (nSPS) is 13.2. The third-order valence-electron chi connectivity index (χ3n) is 9.07. The van der Waals surface area contributed by atoms with E-state index in [0.717, 1.165) is 62.0 Å². The molecular formula is C41H57N7O8. The molecule has 1 aromatic heterocycles. The quantitative estimate of drug-likeness (QED) is 0.0333. The summed E-state index contributed by atoms with van der Waals surface area (Å²) in [4.78, 5) is 33.9. The molecule has 0 aliphatic carbocycles. The Kier molecular flexibility index (Phi) is 19.6. The number of carbonyl (C=O) groups excluding carboxylic acids is 2. The van der Waals surface area contributed by atoms with Gasteiger partial charge in [-0.2, -0.15) is 0 Å². The first kappa shape index (κ1) is 43.6. The molecule has 15 nitrogen and oxygen atoms in total. The minimum atomic E-state index is -0.235. The minimum Gasteiger partial charge on any atom is -0.494 e. The van der Waals surface area contributed by atoms with Crippen molar-refractivity contribution in [3.63, 3.8) is 0 Å². The third-order valence-corrected chi connectivity index (χ3v) is 9.07. The zero-order valence-corrected chi connectivity index (χ0v) is 32.7. The van der Waals surface area contributed by atoms with Gasteiger partial charge in [-0.1, -0.05) is 18.9 Å². The Bertz CT molecular complexity index is 1660. The van der Waals surface area contributed by atoms with Crippen molar-refractivity contribution in [1.82, 2.24) is 20.2 Å². The Labute approximate surface area is 329 Å². The molecule has 4 N–H and O–H groups in total. The van der Waals surface area contributed by atoms with Crippen molar-refractivity contribution in [3.05, 3.63) is 77.9 Å². The van der Waals surface area contributed by atoms with Crippen LogP contribution < -0.4 is 20.1 Å². The number of benzene rings is 2. The first-order chi connectivity index (χ1) is 27.4. The number of esters is 1. The van der Waals surface area contributed by atoms with Gasteiger partial charge < -0.3 is 44.0 Å². The van der Waals surface area contributed by atoms with Gasteiger partial charge in [0.05, 0.1) is 59.3 Å². The molecule has 0 spiro atoms. The number of carbonyl (C=O) groups is 2. The predicted octanol–water partition coefficient (Wildman–Crippen LogP) is 5.80. The summed E-state index contributed by atoms with van der Waals surface area (Å²) < 4.78 is 33.4. The summed E-state index contributed by atoms with van der Waals surface area (Å²) in [5.74, 6) is 1.35. The molecule has 0 saturated heterocycles. The van der Waals surface area contributed by atoms with E-state index in [1.165, 1.54) is 18.3 Å². The van der Waals surface area contributed by atoms with Crippen LogP contribution in [-0.2, 0) is 23.7 Å². The summed E-state index contributed by atoms with van der Waals surface area (Å²) in [5, 5.41) is 23.1. The molecule has 4 rings (SSSR count). The monoisotopic (exact) mass is 775 g/mol.